The predicted octanol–water partition coefficient (Wildman–Crippen LogP) is 1.90. The molecule has 1 atom stereocenters. The molecule has 0 heterocycles. The summed E-state index contributed by atoms with van der Waals surface area (Å²) < 4.78 is 5.44. The van der Waals surface area contributed by atoms with Crippen molar-refractivity contribution in [3.05, 3.63) is 29.8 Å². The molecule has 1 rings (SSSR count). The van der Waals surface area contributed by atoms with Crippen LogP contribution in [0, 0.1) is 11.3 Å². The number of hydrogen-bond acceptors (Lipinski definition) is 3. The third-order valence-electron chi connectivity index (χ3n) is 2.11. The highest BCUT2D eigenvalue weighted by Gasteiger charge is 2.06. The zero-order chi connectivity index (χ0) is 11.1. The van der Waals surface area contributed by atoms with E-state index in [2.05, 4.69) is 0 Å². The molecule has 1 unspecified atom stereocenters. The van der Waals surface area contributed by atoms with Crippen molar-refractivity contribution in [2.24, 2.45) is 0 Å². The molecule has 80 valence electrons. The molecule has 0 aromatic heterocycles. The van der Waals surface area contributed by atoms with E-state index in [1.54, 1.807) is 0 Å². The Kier molecular flexibility index (Phi) is 4.65. The number of rotatable bonds is 5. The monoisotopic (exact) mass is 205 g/mol. The second kappa shape index (κ2) is 6.05. The van der Waals surface area contributed by atoms with Gasteiger partial charge >= 0.3 is 0 Å². The van der Waals surface area contributed by atoms with E-state index in [-0.39, 0.29) is 13.0 Å². The zero-order valence-electron chi connectivity index (χ0n) is 8.81. The van der Waals surface area contributed by atoms with E-state index in [4.69, 9.17) is 10.00 Å². The van der Waals surface area contributed by atoms with Crippen molar-refractivity contribution in [2.45, 2.75) is 25.9 Å². The standard InChI is InChI=1S/C12H15NO2/c1-2-10-5-3-4-6-12(10)15-9-11(14)7-8-13/h3-6,11,14H,2,7,9H2,1H3. The Morgan fingerprint density at radius 2 is 2.20 bits per heavy atom. The van der Waals surface area contributed by atoms with Crippen LogP contribution < -0.4 is 4.74 Å². The Morgan fingerprint density at radius 1 is 1.47 bits per heavy atom. The van der Waals surface area contributed by atoms with Crippen molar-refractivity contribution in [2.75, 3.05) is 6.61 Å². The summed E-state index contributed by atoms with van der Waals surface area (Å²) in [6, 6.07) is 9.62. The highest BCUT2D eigenvalue weighted by Crippen LogP contribution is 2.18. The molecule has 0 aliphatic rings. The first-order chi connectivity index (χ1) is 7.27. The summed E-state index contributed by atoms with van der Waals surface area (Å²) in [6.45, 7) is 2.22. The largest absolute Gasteiger partial charge is 0.491 e. The Balaban J connectivity index is 2.54. The molecule has 0 radical (unpaired) electrons. The second-order valence-electron chi connectivity index (χ2n) is 3.29. The fraction of sp³-hybridized carbons (Fsp3) is 0.417. The van der Waals surface area contributed by atoms with Gasteiger partial charge in [0, 0.05) is 0 Å². The van der Waals surface area contributed by atoms with Crippen LogP contribution >= 0.6 is 0 Å². The van der Waals surface area contributed by atoms with Gasteiger partial charge in [0.25, 0.3) is 0 Å². The van der Waals surface area contributed by atoms with E-state index >= 15 is 0 Å². The van der Waals surface area contributed by atoms with Crippen molar-refractivity contribution in [1.82, 2.24) is 0 Å². The van der Waals surface area contributed by atoms with E-state index < -0.39 is 6.10 Å². The predicted molar refractivity (Wildman–Crippen MR) is 57.6 cm³/mol. The van der Waals surface area contributed by atoms with Crippen LogP contribution in [-0.4, -0.2) is 17.8 Å². The summed E-state index contributed by atoms with van der Waals surface area (Å²) in [6.07, 6.45) is 0.290. The SMILES string of the molecule is CCc1ccccc1OCC(O)CC#N. The average molecular weight is 205 g/mol. The summed E-state index contributed by atoms with van der Waals surface area (Å²) in [4.78, 5) is 0. The lowest BCUT2D eigenvalue weighted by atomic mass is 10.1. The minimum absolute atomic E-state index is 0.105. The van der Waals surface area contributed by atoms with Gasteiger partial charge in [0.1, 0.15) is 18.5 Å². The molecule has 0 bridgehead atoms. The lowest BCUT2D eigenvalue weighted by Crippen LogP contribution is -2.17. The van der Waals surface area contributed by atoms with Crippen molar-refractivity contribution < 1.29 is 9.84 Å². The van der Waals surface area contributed by atoms with Crippen LogP contribution in [0.1, 0.15) is 18.9 Å². The molecule has 0 amide bonds. The van der Waals surface area contributed by atoms with Gasteiger partial charge in [-0.1, -0.05) is 25.1 Å². The molecule has 0 aliphatic carbocycles. The maximum absolute atomic E-state index is 9.33. The van der Waals surface area contributed by atoms with E-state index in [1.807, 2.05) is 37.3 Å². The van der Waals surface area contributed by atoms with E-state index in [0.29, 0.717) is 0 Å². The number of ether oxygens (including phenoxy) is 1. The first-order valence-electron chi connectivity index (χ1n) is 5.03. The van der Waals surface area contributed by atoms with Crippen molar-refractivity contribution in [3.8, 4) is 11.8 Å². The lowest BCUT2D eigenvalue weighted by Gasteiger charge is -2.12. The van der Waals surface area contributed by atoms with Gasteiger partial charge < -0.3 is 9.84 Å². The molecule has 0 saturated heterocycles. The highest BCUT2D eigenvalue weighted by molar-refractivity contribution is 5.33. The van der Waals surface area contributed by atoms with Crippen LogP contribution in [0.4, 0.5) is 0 Å². The van der Waals surface area contributed by atoms with Crippen molar-refractivity contribution in [3.63, 3.8) is 0 Å². The van der Waals surface area contributed by atoms with Crippen molar-refractivity contribution in [1.29, 1.82) is 5.26 Å². The van der Waals surface area contributed by atoms with Crippen LogP contribution in [0.25, 0.3) is 0 Å². The van der Waals surface area contributed by atoms with Crippen LogP contribution in [0.15, 0.2) is 24.3 Å². The Hall–Kier alpha value is -1.53. The van der Waals surface area contributed by atoms with E-state index in [9.17, 15) is 5.11 Å². The fourth-order valence-electron chi connectivity index (χ4n) is 1.29. The molecular formula is C12H15NO2. The number of aliphatic hydroxyl groups excluding tert-OH is 1. The number of hydrogen-bond donors (Lipinski definition) is 1. The fourth-order valence-corrected chi connectivity index (χ4v) is 1.29. The summed E-state index contributed by atoms with van der Waals surface area (Å²) in [5.74, 6) is 0.789. The smallest absolute Gasteiger partial charge is 0.122 e. The van der Waals surface area contributed by atoms with Gasteiger partial charge in [0.15, 0.2) is 0 Å². The van der Waals surface area contributed by atoms with Crippen LogP contribution in [0.3, 0.4) is 0 Å². The molecular weight excluding hydrogens is 190 g/mol. The maximum atomic E-state index is 9.33. The summed E-state index contributed by atoms with van der Waals surface area (Å²) in [5.41, 5.74) is 1.11. The number of benzene rings is 1. The number of nitrogens with zero attached hydrogens (tertiary/aromatic N) is 1. The van der Waals surface area contributed by atoms with Crippen LogP contribution in [0.5, 0.6) is 5.75 Å². The second-order valence-corrected chi connectivity index (χ2v) is 3.29. The first-order valence-corrected chi connectivity index (χ1v) is 5.03. The first kappa shape index (κ1) is 11.5. The Labute approximate surface area is 89.9 Å². The quantitative estimate of drug-likeness (QED) is 0.798. The van der Waals surface area contributed by atoms with Gasteiger partial charge in [-0.15, -0.1) is 0 Å². The number of para-hydroxylation sites is 1. The minimum Gasteiger partial charge on any atom is -0.491 e. The average Bonchev–Trinajstić information content (AvgIpc) is 2.27. The number of aryl methyl sites for hydroxylation is 1. The van der Waals surface area contributed by atoms with Gasteiger partial charge in [0.2, 0.25) is 0 Å². The Morgan fingerprint density at radius 3 is 2.87 bits per heavy atom. The Bertz CT molecular complexity index is 344. The topological polar surface area (TPSA) is 53.2 Å². The normalized spacial score (nSPS) is 11.8. The molecule has 0 spiro atoms. The van der Waals surface area contributed by atoms with Crippen molar-refractivity contribution >= 4 is 0 Å². The summed E-state index contributed by atoms with van der Waals surface area (Å²) >= 11 is 0. The minimum atomic E-state index is -0.708. The molecule has 15 heavy (non-hydrogen) atoms. The van der Waals surface area contributed by atoms with Crippen LogP contribution in [-0.2, 0) is 6.42 Å². The zero-order valence-corrected chi connectivity index (χ0v) is 8.81. The molecule has 0 saturated carbocycles. The van der Waals surface area contributed by atoms with Gasteiger partial charge in [-0.05, 0) is 18.1 Å². The van der Waals surface area contributed by atoms with E-state index in [0.717, 1.165) is 17.7 Å². The van der Waals surface area contributed by atoms with Gasteiger partial charge in [-0.3, -0.25) is 0 Å². The van der Waals surface area contributed by atoms with Gasteiger partial charge in [-0.25, -0.2) is 0 Å². The molecule has 1 aromatic rings. The lowest BCUT2D eigenvalue weighted by molar-refractivity contribution is 0.111. The summed E-state index contributed by atoms with van der Waals surface area (Å²) in [5, 5.41) is 17.7. The molecule has 0 fully saturated rings. The molecule has 1 aromatic carbocycles. The van der Waals surface area contributed by atoms with Crippen LogP contribution in [0.2, 0.25) is 0 Å². The summed E-state index contributed by atoms with van der Waals surface area (Å²) in [7, 11) is 0. The maximum Gasteiger partial charge on any atom is 0.122 e. The van der Waals surface area contributed by atoms with Gasteiger partial charge in [0.05, 0.1) is 12.5 Å². The molecule has 3 heteroatoms. The van der Waals surface area contributed by atoms with Gasteiger partial charge in [-0.2, -0.15) is 5.26 Å². The molecule has 3 nitrogen and oxygen atoms in total. The molecule has 0 aliphatic heterocycles. The number of nitriles is 1. The highest BCUT2D eigenvalue weighted by atomic mass is 16.5. The molecule has 1 N–H and O–H groups in total. The number of aliphatic hydroxyl groups is 1. The van der Waals surface area contributed by atoms with E-state index in [1.165, 1.54) is 0 Å². The third kappa shape index (κ3) is 3.61. The third-order valence-corrected chi connectivity index (χ3v) is 2.11.